The van der Waals surface area contributed by atoms with Crippen LogP contribution in [0.2, 0.25) is 10.0 Å². The van der Waals surface area contributed by atoms with Crippen LogP contribution in [0.3, 0.4) is 0 Å². The number of fused-ring (bicyclic) bond motifs is 1. The van der Waals surface area contributed by atoms with E-state index in [2.05, 4.69) is 0 Å². The SMILES string of the molecule is CC1=CC[C@@H]2C(=O)N(N(C(=O)c3ccc(Cl)c(Cl)c3)[C@H](C)C(=O)c3ccccc3)C(=O)[C@H]2C1. The molecule has 2 aromatic carbocycles. The monoisotopic (exact) mass is 484 g/mol. The fraction of sp³-hybridized carbons (Fsp3) is 0.280. The van der Waals surface area contributed by atoms with Crippen molar-refractivity contribution < 1.29 is 19.2 Å². The number of imide groups is 1. The molecule has 0 radical (unpaired) electrons. The minimum absolute atomic E-state index is 0.113. The second kappa shape index (κ2) is 9.12. The first-order valence-electron chi connectivity index (χ1n) is 10.6. The number of amides is 3. The van der Waals surface area contributed by atoms with Crippen molar-refractivity contribution in [1.29, 1.82) is 0 Å². The summed E-state index contributed by atoms with van der Waals surface area (Å²) in [7, 11) is 0. The summed E-state index contributed by atoms with van der Waals surface area (Å²) < 4.78 is 0. The Morgan fingerprint density at radius 2 is 1.64 bits per heavy atom. The minimum atomic E-state index is -1.11. The number of halogens is 2. The summed E-state index contributed by atoms with van der Waals surface area (Å²) in [5, 5.41) is 2.26. The van der Waals surface area contributed by atoms with Gasteiger partial charge in [0.2, 0.25) is 0 Å². The van der Waals surface area contributed by atoms with Crippen LogP contribution in [0.5, 0.6) is 0 Å². The fourth-order valence-corrected chi connectivity index (χ4v) is 4.69. The maximum absolute atomic E-state index is 13.6. The third-order valence-electron chi connectivity index (χ3n) is 6.19. The molecule has 0 bridgehead atoms. The maximum atomic E-state index is 13.6. The highest BCUT2D eigenvalue weighted by Crippen LogP contribution is 2.39. The van der Waals surface area contributed by atoms with Gasteiger partial charge in [0, 0.05) is 11.1 Å². The van der Waals surface area contributed by atoms with Gasteiger partial charge in [-0.1, -0.05) is 65.2 Å². The third kappa shape index (κ3) is 4.21. The number of hydrogen-bond acceptors (Lipinski definition) is 4. The lowest BCUT2D eigenvalue weighted by molar-refractivity contribution is -0.156. The van der Waals surface area contributed by atoms with Gasteiger partial charge in [0.15, 0.2) is 5.78 Å². The number of carbonyl (C=O) groups excluding carboxylic acids is 4. The van der Waals surface area contributed by atoms with Crippen molar-refractivity contribution in [3.63, 3.8) is 0 Å². The van der Waals surface area contributed by atoms with Crippen molar-refractivity contribution in [2.75, 3.05) is 0 Å². The first-order chi connectivity index (χ1) is 15.7. The second-order valence-corrected chi connectivity index (χ2v) is 9.19. The van der Waals surface area contributed by atoms with Crippen LogP contribution < -0.4 is 0 Å². The topological polar surface area (TPSA) is 74.8 Å². The smallest absolute Gasteiger partial charge is 0.273 e. The van der Waals surface area contributed by atoms with Gasteiger partial charge in [0.25, 0.3) is 17.7 Å². The van der Waals surface area contributed by atoms with Gasteiger partial charge < -0.3 is 0 Å². The number of allylic oxidation sites excluding steroid dienone is 2. The van der Waals surface area contributed by atoms with Crippen LogP contribution in [0.15, 0.2) is 60.2 Å². The molecule has 1 heterocycles. The number of hydrazine groups is 1. The van der Waals surface area contributed by atoms with Gasteiger partial charge in [-0.05, 0) is 44.9 Å². The highest BCUT2D eigenvalue weighted by molar-refractivity contribution is 6.42. The minimum Gasteiger partial charge on any atom is -0.292 e. The summed E-state index contributed by atoms with van der Waals surface area (Å²) in [6.45, 7) is 3.42. The van der Waals surface area contributed by atoms with Gasteiger partial charge in [0.05, 0.1) is 21.9 Å². The molecule has 6 nitrogen and oxygen atoms in total. The molecule has 2 aliphatic rings. The Hall–Kier alpha value is -2.96. The van der Waals surface area contributed by atoms with E-state index >= 15 is 0 Å². The second-order valence-electron chi connectivity index (χ2n) is 8.38. The zero-order valence-corrected chi connectivity index (χ0v) is 19.6. The standard InChI is InChI=1S/C25H22Cl2N2O4/c1-14-8-10-18-19(12-14)25(33)29(24(18)32)28(15(2)22(30)16-6-4-3-5-7-16)23(31)17-9-11-20(26)21(27)13-17/h3-9,11,13,15,18-19H,10,12H2,1-2H3/t15-,18+,19+/m1/s1. The number of ketones is 1. The molecule has 3 atom stereocenters. The molecule has 0 aromatic heterocycles. The van der Waals surface area contributed by atoms with Crippen LogP contribution in [0, 0.1) is 11.8 Å². The molecular weight excluding hydrogens is 463 g/mol. The van der Waals surface area contributed by atoms with E-state index in [1.54, 1.807) is 30.3 Å². The molecule has 1 fully saturated rings. The zero-order chi connectivity index (χ0) is 23.9. The molecule has 0 N–H and O–H groups in total. The lowest BCUT2D eigenvalue weighted by Crippen LogP contribution is -2.56. The van der Waals surface area contributed by atoms with E-state index < -0.39 is 41.4 Å². The molecule has 2 aromatic rings. The van der Waals surface area contributed by atoms with Gasteiger partial charge in [-0.15, -0.1) is 0 Å². The van der Waals surface area contributed by atoms with Gasteiger partial charge in [-0.25, -0.2) is 5.01 Å². The molecule has 8 heteroatoms. The first kappa shape index (κ1) is 23.2. The highest BCUT2D eigenvalue weighted by Gasteiger charge is 2.53. The molecule has 33 heavy (non-hydrogen) atoms. The van der Waals surface area contributed by atoms with Crippen molar-refractivity contribution in [2.24, 2.45) is 11.8 Å². The Morgan fingerprint density at radius 3 is 2.30 bits per heavy atom. The van der Waals surface area contributed by atoms with Crippen molar-refractivity contribution in [1.82, 2.24) is 10.0 Å². The van der Waals surface area contributed by atoms with E-state index in [9.17, 15) is 19.2 Å². The summed E-state index contributed by atoms with van der Waals surface area (Å²) in [6, 6.07) is 11.6. The van der Waals surface area contributed by atoms with E-state index in [0.29, 0.717) is 18.4 Å². The number of rotatable bonds is 5. The van der Waals surface area contributed by atoms with Gasteiger partial charge >= 0.3 is 0 Å². The van der Waals surface area contributed by atoms with Crippen LogP contribution >= 0.6 is 23.2 Å². The van der Waals surface area contributed by atoms with E-state index in [1.165, 1.54) is 25.1 Å². The summed E-state index contributed by atoms with van der Waals surface area (Å²) in [6.07, 6.45) is 2.81. The van der Waals surface area contributed by atoms with E-state index in [-0.39, 0.29) is 15.6 Å². The number of hydrogen-bond donors (Lipinski definition) is 0. The summed E-state index contributed by atoms with van der Waals surface area (Å²) in [5.74, 6) is -3.13. The average molecular weight is 485 g/mol. The van der Waals surface area contributed by atoms with Gasteiger partial charge in [-0.3, -0.25) is 19.2 Å². The van der Waals surface area contributed by atoms with Crippen LogP contribution in [-0.4, -0.2) is 39.6 Å². The molecule has 0 saturated carbocycles. The molecule has 1 aliphatic carbocycles. The summed E-state index contributed by atoms with van der Waals surface area (Å²) >= 11 is 12.1. The maximum Gasteiger partial charge on any atom is 0.273 e. The normalized spacial score (nSPS) is 20.8. The van der Waals surface area contributed by atoms with Crippen LogP contribution in [0.25, 0.3) is 0 Å². The number of Topliss-reactive ketones (excluding diaryl/α,β-unsaturated/α-hetero) is 1. The highest BCUT2D eigenvalue weighted by atomic mass is 35.5. The van der Waals surface area contributed by atoms with Crippen LogP contribution in [0.4, 0.5) is 0 Å². The van der Waals surface area contributed by atoms with Crippen molar-refractivity contribution in [3.8, 4) is 0 Å². The average Bonchev–Trinajstić information content (AvgIpc) is 3.05. The van der Waals surface area contributed by atoms with Crippen molar-refractivity contribution in [3.05, 3.63) is 81.4 Å². The lowest BCUT2D eigenvalue weighted by atomic mass is 9.82. The zero-order valence-electron chi connectivity index (χ0n) is 18.1. The van der Waals surface area contributed by atoms with Crippen molar-refractivity contribution in [2.45, 2.75) is 32.7 Å². The fourth-order valence-electron chi connectivity index (χ4n) is 4.39. The largest absolute Gasteiger partial charge is 0.292 e. The van der Waals surface area contributed by atoms with Gasteiger partial charge in [-0.2, -0.15) is 5.01 Å². The Labute approximate surface area is 201 Å². The Morgan fingerprint density at radius 1 is 0.970 bits per heavy atom. The van der Waals surface area contributed by atoms with Gasteiger partial charge in [0.1, 0.15) is 6.04 Å². The quantitative estimate of drug-likeness (QED) is 0.341. The Bertz CT molecular complexity index is 1180. The molecule has 0 spiro atoms. The molecule has 0 unspecified atom stereocenters. The molecule has 1 aliphatic heterocycles. The molecular formula is C25H22Cl2N2O4. The molecule has 170 valence electrons. The van der Waals surface area contributed by atoms with Crippen molar-refractivity contribution >= 4 is 46.7 Å². The molecule has 4 rings (SSSR count). The predicted molar refractivity (Wildman–Crippen MR) is 125 cm³/mol. The third-order valence-corrected chi connectivity index (χ3v) is 6.93. The lowest BCUT2D eigenvalue weighted by Gasteiger charge is -2.34. The Balaban J connectivity index is 1.76. The van der Waals surface area contributed by atoms with E-state index in [1.807, 2.05) is 13.0 Å². The molecule has 3 amide bonds. The number of nitrogens with zero attached hydrogens (tertiary/aromatic N) is 2. The van der Waals surface area contributed by atoms with E-state index in [4.69, 9.17) is 23.2 Å². The van der Waals surface area contributed by atoms with E-state index in [0.717, 1.165) is 15.6 Å². The molecule has 1 saturated heterocycles. The first-order valence-corrected chi connectivity index (χ1v) is 11.4. The van der Waals surface area contributed by atoms with Crippen LogP contribution in [-0.2, 0) is 9.59 Å². The number of carbonyl (C=O) groups is 4. The summed E-state index contributed by atoms with van der Waals surface area (Å²) in [5.41, 5.74) is 1.50. The summed E-state index contributed by atoms with van der Waals surface area (Å²) in [4.78, 5) is 53.7. The van der Waals surface area contributed by atoms with Crippen LogP contribution in [0.1, 0.15) is 47.4 Å². The Kier molecular flexibility index (Phi) is 6.41. The number of benzene rings is 2. The predicted octanol–water partition coefficient (Wildman–Crippen LogP) is 4.96.